The van der Waals surface area contributed by atoms with E-state index in [-0.39, 0.29) is 0 Å². The van der Waals surface area contributed by atoms with Gasteiger partial charge in [0.15, 0.2) is 0 Å². The van der Waals surface area contributed by atoms with Gasteiger partial charge in [0.05, 0.1) is 24.0 Å². The number of hydrogen-bond acceptors (Lipinski definition) is 3. The minimum Gasteiger partial charge on any atom is -0.380 e. The molecule has 1 aromatic carbocycles. The standard InChI is InChI=1S/C16H23N3O/c1-2-20-11-10-18-9-5-6-14(12-18)19-13-17-15-7-3-4-8-16(15)19/h3-4,7-8,13-14H,2,5-6,9-12H2,1H3. The van der Waals surface area contributed by atoms with Crippen molar-refractivity contribution in [3.8, 4) is 0 Å². The maximum Gasteiger partial charge on any atom is 0.0961 e. The maximum absolute atomic E-state index is 5.47. The molecule has 0 saturated carbocycles. The van der Waals surface area contributed by atoms with Crippen molar-refractivity contribution in [2.45, 2.75) is 25.8 Å². The molecule has 4 heteroatoms. The fourth-order valence-corrected chi connectivity index (χ4v) is 3.07. The minimum absolute atomic E-state index is 0.540. The number of likely N-dealkylation sites (tertiary alicyclic amines) is 1. The summed E-state index contributed by atoms with van der Waals surface area (Å²) >= 11 is 0. The van der Waals surface area contributed by atoms with Gasteiger partial charge < -0.3 is 9.30 Å². The van der Waals surface area contributed by atoms with Crippen molar-refractivity contribution < 1.29 is 4.74 Å². The highest BCUT2D eigenvalue weighted by Crippen LogP contribution is 2.25. The molecule has 1 atom stereocenters. The summed E-state index contributed by atoms with van der Waals surface area (Å²) in [5.41, 5.74) is 2.35. The van der Waals surface area contributed by atoms with Crippen molar-refractivity contribution in [2.75, 3.05) is 32.8 Å². The molecule has 1 aromatic heterocycles. The molecule has 0 aliphatic carbocycles. The van der Waals surface area contributed by atoms with Gasteiger partial charge in [-0.25, -0.2) is 4.98 Å². The average molecular weight is 273 g/mol. The molecule has 4 nitrogen and oxygen atoms in total. The van der Waals surface area contributed by atoms with E-state index in [0.29, 0.717) is 6.04 Å². The molecule has 0 amide bonds. The van der Waals surface area contributed by atoms with Crippen molar-refractivity contribution in [1.82, 2.24) is 14.5 Å². The lowest BCUT2D eigenvalue weighted by Crippen LogP contribution is -2.38. The number of benzene rings is 1. The second-order valence-corrected chi connectivity index (χ2v) is 5.43. The lowest BCUT2D eigenvalue weighted by Gasteiger charge is -2.33. The van der Waals surface area contributed by atoms with E-state index in [2.05, 4.69) is 45.6 Å². The number of hydrogen-bond donors (Lipinski definition) is 0. The van der Waals surface area contributed by atoms with E-state index in [9.17, 15) is 0 Å². The lowest BCUT2D eigenvalue weighted by atomic mass is 10.1. The smallest absolute Gasteiger partial charge is 0.0961 e. The number of piperidine rings is 1. The summed E-state index contributed by atoms with van der Waals surface area (Å²) < 4.78 is 7.82. The van der Waals surface area contributed by atoms with Crippen molar-refractivity contribution in [2.24, 2.45) is 0 Å². The van der Waals surface area contributed by atoms with Gasteiger partial charge in [0.25, 0.3) is 0 Å². The first-order chi connectivity index (χ1) is 9.88. The molecule has 3 rings (SSSR count). The van der Waals surface area contributed by atoms with Crippen molar-refractivity contribution in [3.63, 3.8) is 0 Å². The molecule has 2 heterocycles. The number of imidazole rings is 1. The van der Waals surface area contributed by atoms with E-state index in [0.717, 1.165) is 31.8 Å². The Kier molecular flexibility index (Phi) is 4.33. The molecule has 0 bridgehead atoms. The van der Waals surface area contributed by atoms with E-state index >= 15 is 0 Å². The van der Waals surface area contributed by atoms with Crippen LogP contribution in [0.15, 0.2) is 30.6 Å². The first-order valence-corrected chi connectivity index (χ1v) is 7.60. The van der Waals surface area contributed by atoms with Gasteiger partial charge in [-0.2, -0.15) is 0 Å². The van der Waals surface area contributed by atoms with E-state index in [1.807, 2.05) is 6.33 Å². The van der Waals surface area contributed by atoms with Crippen LogP contribution in [0.4, 0.5) is 0 Å². The van der Waals surface area contributed by atoms with Crippen molar-refractivity contribution in [1.29, 1.82) is 0 Å². The van der Waals surface area contributed by atoms with Crippen LogP contribution in [0.1, 0.15) is 25.8 Å². The van der Waals surface area contributed by atoms with Gasteiger partial charge in [-0.1, -0.05) is 12.1 Å². The molecule has 1 aliphatic heterocycles. The molecule has 0 radical (unpaired) electrons. The molecule has 1 aliphatic rings. The van der Waals surface area contributed by atoms with E-state index in [4.69, 9.17) is 4.74 Å². The first kappa shape index (κ1) is 13.6. The predicted molar refractivity (Wildman–Crippen MR) is 80.9 cm³/mol. The van der Waals surface area contributed by atoms with Crippen LogP contribution in [-0.4, -0.2) is 47.3 Å². The first-order valence-electron chi connectivity index (χ1n) is 7.60. The zero-order chi connectivity index (χ0) is 13.8. The lowest BCUT2D eigenvalue weighted by molar-refractivity contribution is 0.0938. The van der Waals surface area contributed by atoms with Crippen molar-refractivity contribution >= 4 is 11.0 Å². The van der Waals surface area contributed by atoms with E-state index in [1.165, 1.54) is 24.9 Å². The van der Waals surface area contributed by atoms with Crippen molar-refractivity contribution in [3.05, 3.63) is 30.6 Å². The Balaban J connectivity index is 1.70. The zero-order valence-electron chi connectivity index (χ0n) is 12.2. The summed E-state index contributed by atoms with van der Waals surface area (Å²) in [6.07, 6.45) is 4.50. The monoisotopic (exact) mass is 273 g/mol. The summed E-state index contributed by atoms with van der Waals surface area (Å²) in [6.45, 7) is 7.04. The number of ether oxygens (including phenoxy) is 1. The fourth-order valence-electron chi connectivity index (χ4n) is 3.07. The van der Waals surface area contributed by atoms with Crippen LogP contribution < -0.4 is 0 Å². The largest absolute Gasteiger partial charge is 0.380 e. The van der Waals surface area contributed by atoms with Gasteiger partial charge in [-0.15, -0.1) is 0 Å². The van der Waals surface area contributed by atoms with Crippen LogP contribution in [0.5, 0.6) is 0 Å². The van der Waals surface area contributed by atoms with Crippen LogP contribution in [0.2, 0.25) is 0 Å². The molecule has 20 heavy (non-hydrogen) atoms. The summed E-state index contributed by atoms with van der Waals surface area (Å²) in [4.78, 5) is 7.03. The molecule has 108 valence electrons. The van der Waals surface area contributed by atoms with Gasteiger partial charge >= 0.3 is 0 Å². The van der Waals surface area contributed by atoms with E-state index < -0.39 is 0 Å². The average Bonchev–Trinajstić information content (AvgIpc) is 2.92. The van der Waals surface area contributed by atoms with Gasteiger partial charge in [-0.05, 0) is 38.4 Å². The quantitative estimate of drug-likeness (QED) is 0.785. The highest BCUT2D eigenvalue weighted by atomic mass is 16.5. The molecular weight excluding hydrogens is 250 g/mol. The Labute approximate surface area is 120 Å². The Morgan fingerprint density at radius 2 is 2.25 bits per heavy atom. The second kappa shape index (κ2) is 6.37. The van der Waals surface area contributed by atoms with Gasteiger partial charge in [0.2, 0.25) is 0 Å². The second-order valence-electron chi connectivity index (χ2n) is 5.43. The predicted octanol–water partition coefficient (Wildman–Crippen LogP) is 2.71. The van der Waals surface area contributed by atoms with Crippen LogP contribution in [-0.2, 0) is 4.74 Å². The van der Waals surface area contributed by atoms with E-state index in [1.54, 1.807) is 0 Å². The van der Waals surface area contributed by atoms with Gasteiger partial charge in [0, 0.05) is 25.7 Å². The zero-order valence-corrected chi connectivity index (χ0v) is 12.2. The van der Waals surface area contributed by atoms with Gasteiger partial charge in [-0.3, -0.25) is 4.90 Å². The molecule has 0 spiro atoms. The van der Waals surface area contributed by atoms with Gasteiger partial charge in [0.1, 0.15) is 0 Å². The van der Waals surface area contributed by atoms with Crippen LogP contribution in [0.25, 0.3) is 11.0 Å². The molecule has 1 fully saturated rings. The number of aromatic nitrogens is 2. The summed E-state index contributed by atoms with van der Waals surface area (Å²) in [5, 5.41) is 0. The molecular formula is C16H23N3O. The summed E-state index contributed by atoms with van der Waals surface area (Å²) in [7, 11) is 0. The topological polar surface area (TPSA) is 30.3 Å². The summed E-state index contributed by atoms with van der Waals surface area (Å²) in [5.74, 6) is 0. The van der Waals surface area contributed by atoms with Crippen LogP contribution >= 0.6 is 0 Å². The Hall–Kier alpha value is -1.39. The highest BCUT2D eigenvalue weighted by Gasteiger charge is 2.22. The third kappa shape index (κ3) is 2.86. The highest BCUT2D eigenvalue weighted by molar-refractivity contribution is 5.75. The number of rotatable bonds is 5. The SMILES string of the molecule is CCOCCN1CCCC(n2cnc3ccccc32)C1. The Morgan fingerprint density at radius 1 is 1.35 bits per heavy atom. The Bertz CT molecular complexity index is 551. The fraction of sp³-hybridized carbons (Fsp3) is 0.562. The molecule has 1 saturated heterocycles. The maximum atomic E-state index is 5.47. The van der Waals surface area contributed by atoms with Crippen LogP contribution in [0.3, 0.4) is 0 Å². The molecule has 1 unspecified atom stereocenters. The minimum atomic E-state index is 0.540. The third-order valence-electron chi connectivity index (χ3n) is 4.11. The molecule has 2 aromatic rings. The normalized spacial score (nSPS) is 20.6. The molecule has 0 N–H and O–H groups in total. The van der Waals surface area contributed by atoms with Crippen LogP contribution in [0, 0.1) is 0 Å². The third-order valence-corrected chi connectivity index (χ3v) is 4.11. The number of para-hydroxylation sites is 2. The number of fused-ring (bicyclic) bond motifs is 1. The Morgan fingerprint density at radius 3 is 3.15 bits per heavy atom. The number of nitrogens with zero attached hydrogens (tertiary/aromatic N) is 3. The summed E-state index contributed by atoms with van der Waals surface area (Å²) in [6, 6.07) is 8.94.